The van der Waals surface area contributed by atoms with Crippen LogP contribution in [0.3, 0.4) is 0 Å². The summed E-state index contributed by atoms with van der Waals surface area (Å²) >= 11 is 0. The highest BCUT2D eigenvalue weighted by molar-refractivity contribution is 5.69. The SMILES string of the molecule is CCCCCCCC/C=C\CCCCCCCC(=O)OCCC(O)N(CCO)CCO. The summed E-state index contributed by atoms with van der Waals surface area (Å²) < 4.78 is 5.18. The molecule has 1 unspecified atom stereocenters. The number of ether oxygens (including phenoxy) is 1. The molecule has 0 saturated carbocycles. The van der Waals surface area contributed by atoms with Gasteiger partial charge in [0.15, 0.2) is 0 Å². The number of unbranched alkanes of at least 4 members (excludes halogenated alkanes) is 11. The summed E-state index contributed by atoms with van der Waals surface area (Å²) in [6.07, 6.45) is 20.5. The molecule has 0 radical (unpaired) electrons. The van der Waals surface area contributed by atoms with Crippen LogP contribution < -0.4 is 0 Å². The summed E-state index contributed by atoms with van der Waals surface area (Å²) in [5.41, 5.74) is 0. The summed E-state index contributed by atoms with van der Waals surface area (Å²) in [6, 6.07) is 0. The zero-order chi connectivity index (χ0) is 23.0. The molecule has 3 N–H and O–H groups in total. The molecular weight excluding hydrogens is 394 g/mol. The van der Waals surface area contributed by atoms with E-state index in [4.69, 9.17) is 14.9 Å². The third-order valence-electron chi connectivity index (χ3n) is 5.48. The molecule has 0 aliphatic heterocycles. The van der Waals surface area contributed by atoms with Crippen molar-refractivity contribution in [1.82, 2.24) is 4.90 Å². The van der Waals surface area contributed by atoms with Crippen molar-refractivity contribution < 1.29 is 24.9 Å². The van der Waals surface area contributed by atoms with Crippen molar-refractivity contribution in [2.24, 2.45) is 0 Å². The summed E-state index contributed by atoms with van der Waals surface area (Å²) in [6.45, 7) is 2.79. The standard InChI is InChI=1S/C25H49NO5/c1-2-3-4-5-6-7-8-9-10-11-12-13-14-15-16-17-25(30)31-23-18-24(29)26(19-21-27)20-22-28/h9-10,24,27-29H,2-8,11-23H2,1H3/b10-9-. The molecule has 0 rings (SSSR count). The van der Waals surface area contributed by atoms with Gasteiger partial charge in [-0.15, -0.1) is 0 Å². The lowest BCUT2D eigenvalue weighted by Crippen LogP contribution is -2.40. The molecular formula is C25H49NO5. The lowest BCUT2D eigenvalue weighted by Gasteiger charge is -2.26. The molecule has 1 atom stereocenters. The lowest BCUT2D eigenvalue weighted by atomic mass is 10.1. The van der Waals surface area contributed by atoms with Crippen LogP contribution in [0.15, 0.2) is 12.2 Å². The molecule has 0 aliphatic carbocycles. The Bertz CT molecular complexity index is 411. The molecule has 0 aromatic heterocycles. The van der Waals surface area contributed by atoms with Crippen molar-refractivity contribution in [1.29, 1.82) is 0 Å². The average molecular weight is 444 g/mol. The fraction of sp³-hybridized carbons (Fsp3) is 0.880. The minimum Gasteiger partial charge on any atom is -0.466 e. The topological polar surface area (TPSA) is 90.2 Å². The van der Waals surface area contributed by atoms with Gasteiger partial charge in [-0.1, -0.05) is 70.4 Å². The normalized spacial score (nSPS) is 12.7. The molecule has 31 heavy (non-hydrogen) atoms. The van der Waals surface area contributed by atoms with Crippen LogP contribution in [-0.4, -0.2) is 65.3 Å². The maximum absolute atomic E-state index is 11.8. The Hall–Kier alpha value is -0.950. The Balaban J connectivity index is 3.47. The van der Waals surface area contributed by atoms with Crippen molar-refractivity contribution >= 4 is 5.97 Å². The molecule has 0 spiro atoms. The van der Waals surface area contributed by atoms with Crippen LogP contribution in [-0.2, 0) is 9.53 Å². The van der Waals surface area contributed by atoms with Crippen molar-refractivity contribution in [2.45, 2.75) is 109 Å². The first kappa shape index (κ1) is 30.0. The number of carbonyl (C=O) groups excluding carboxylic acids is 1. The fourth-order valence-electron chi connectivity index (χ4n) is 3.54. The minimum atomic E-state index is -0.827. The largest absolute Gasteiger partial charge is 0.466 e. The van der Waals surface area contributed by atoms with Gasteiger partial charge < -0.3 is 20.1 Å². The van der Waals surface area contributed by atoms with Crippen LogP contribution in [0.5, 0.6) is 0 Å². The van der Waals surface area contributed by atoms with Crippen LogP contribution in [0.2, 0.25) is 0 Å². The maximum atomic E-state index is 11.8. The molecule has 0 saturated heterocycles. The summed E-state index contributed by atoms with van der Waals surface area (Å²) in [5, 5.41) is 27.9. The number of esters is 1. The fourth-order valence-corrected chi connectivity index (χ4v) is 3.54. The van der Waals surface area contributed by atoms with E-state index in [1.165, 1.54) is 57.8 Å². The van der Waals surface area contributed by atoms with E-state index >= 15 is 0 Å². The van der Waals surface area contributed by atoms with Gasteiger partial charge in [-0.25, -0.2) is 0 Å². The number of allylic oxidation sites excluding steroid dienone is 2. The van der Waals surface area contributed by atoms with Gasteiger partial charge in [0, 0.05) is 25.9 Å². The predicted octanol–water partition coefficient (Wildman–Crippen LogP) is 4.56. The smallest absolute Gasteiger partial charge is 0.305 e. The molecule has 6 heteroatoms. The van der Waals surface area contributed by atoms with Gasteiger partial charge in [-0.3, -0.25) is 9.69 Å². The highest BCUT2D eigenvalue weighted by Crippen LogP contribution is 2.10. The first-order chi connectivity index (χ1) is 15.2. The molecule has 0 aromatic carbocycles. The molecule has 0 heterocycles. The second-order valence-electron chi connectivity index (χ2n) is 8.31. The van der Waals surface area contributed by atoms with Gasteiger partial charge in [0.2, 0.25) is 0 Å². The number of hydrogen-bond acceptors (Lipinski definition) is 6. The monoisotopic (exact) mass is 443 g/mol. The Kier molecular flexibility index (Phi) is 23.0. The Labute approximate surface area is 190 Å². The van der Waals surface area contributed by atoms with Crippen molar-refractivity contribution in [3.05, 3.63) is 12.2 Å². The Morgan fingerprint density at radius 1 is 0.839 bits per heavy atom. The zero-order valence-corrected chi connectivity index (χ0v) is 20.0. The Morgan fingerprint density at radius 3 is 1.90 bits per heavy atom. The van der Waals surface area contributed by atoms with E-state index < -0.39 is 6.23 Å². The first-order valence-electron chi connectivity index (χ1n) is 12.6. The summed E-state index contributed by atoms with van der Waals surface area (Å²) in [4.78, 5) is 13.3. The average Bonchev–Trinajstić information content (AvgIpc) is 2.76. The molecule has 6 nitrogen and oxygen atoms in total. The number of aliphatic hydroxyl groups is 3. The van der Waals surface area contributed by atoms with Crippen LogP contribution in [0.1, 0.15) is 103 Å². The molecule has 0 fully saturated rings. The van der Waals surface area contributed by atoms with Crippen molar-refractivity contribution in [3.8, 4) is 0 Å². The quantitative estimate of drug-likeness (QED) is 0.0928. The minimum absolute atomic E-state index is 0.0909. The molecule has 0 aliphatic rings. The van der Waals surface area contributed by atoms with Gasteiger partial charge in [0.1, 0.15) is 6.23 Å². The zero-order valence-electron chi connectivity index (χ0n) is 20.0. The van der Waals surface area contributed by atoms with Crippen molar-refractivity contribution in [3.63, 3.8) is 0 Å². The van der Waals surface area contributed by atoms with Crippen LogP contribution in [0.4, 0.5) is 0 Å². The van der Waals surface area contributed by atoms with E-state index in [2.05, 4.69) is 19.1 Å². The summed E-state index contributed by atoms with van der Waals surface area (Å²) in [7, 11) is 0. The Morgan fingerprint density at radius 2 is 1.35 bits per heavy atom. The third kappa shape index (κ3) is 20.7. The molecule has 0 aromatic rings. The first-order valence-corrected chi connectivity index (χ1v) is 12.6. The van der Waals surface area contributed by atoms with E-state index in [0.29, 0.717) is 6.42 Å². The molecule has 0 amide bonds. The number of carbonyl (C=O) groups is 1. The predicted molar refractivity (Wildman–Crippen MR) is 127 cm³/mol. The van der Waals surface area contributed by atoms with Crippen LogP contribution in [0, 0.1) is 0 Å². The number of hydrogen-bond donors (Lipinski definition) is 3. The molecule has 184 valence electrons. The van der Waals surface area contributed by atoms with Crippen LogP contribution in [0.25, 0.3) is 0 Å². The summed E-state index contributed by atoms with van der Waals surface area (Å²) in [5.74, 6) is -0.222. The maximum Gasteiger partial charge on any atom is 0.305 e. The number of aliphatic hydroxyl groups excluding tert-OH is 3. The van der Waals surface area contributed by atoms with E-state index in [1.54, 1.807) is 4.90 Å². The third-order valence-corrected chi connectivity index (χ3v) is 5.48. The molecule has 0 bridgehead atoms. The van der Waals surface area contributed by atoms with E-state index in [-0.39, 0.29) is 45.3 Å². The van der Waals surface area contributed by atoms with Gasteiger partial charge in [-0.2, -0.15) is 0 Å². The van der Waals surface area contributed by atoms with E-state index in [1.807, 2.05) is 0 Å². The van der Waals surface area contributed by atoms with E-state index in [9.17, 15) is 9.90 Å². The van der Waals surface area contributed by atoms with Gasteiger partial charge in [0.05, 0.1) is 19.8 Å². The second-order valence-corrected chi connectivity index (χ2v) is 8.31. The highest BCUT2D eigenvalue weighted by Gasteiger charge is 2.15. The highest BCUT2D eigenvalue weighted by atomic mass is 16.5. The van der Waals surface area contributed by atoms with Gasteiger partial charge >= 0.3 is 5.97 Å². The van der Waals surface area contributed by atoms with Gasteiger partial charge in [0.25, 0.3) is 0 Å². The number of rotatable bonds is 23. The van der Waals surface area contributed by atoms with Gasteiger partial charge in [-0.05, 0) is 32.1 Å². The number of nitrogens with zero attached hydrogens (tertiary/aromatic N) is 1. The van der Waals surface area contributed by atoms with Crippen LogP contribution >= 0.6 is 0 Å². The second kappa shape index (κ2) is 23.7. The lowest BCUT2D eigenvalue weighted by molar-refractivity contribution is -0.145. The van der Waals surface area contributed by atoms with E-state index in [0.717, 1.165) is 25.7 Å². The van der Waals surface area contributed by atoms with Crippen molar-refractivity contribution in [2.75, 3.05) is 32.9 Å².